The molecule has 0 bridgehead atoms. The van der Waals surface area contributed by atoms with E-state index in [0.29, 0.717) is 18.6 Å². The molecule has 0 saturated heterocycles. The van der Waals surface area contributed by atoms with Gasteiger partial charge in [0.2, 0.25) is 0 Å². The van der Waals surface area contributed by atoms with Crippen LogP contribution < -0.4 is 4.74 Å². The van der Waals surface area contributed by atoms with Gasteiger partial charge in [-0.3, -0.25) is 0 Å². The lowest BCUT2D eigenvalue weighted by molar-refractivity contribution is 0.116. The van der Waals surface area contributed by atoms with E-state index in [2.05, 4.69) is 11.9 Å². The summed E-state index contributed by atoms with van der Waals surface area (Å²) in [5.41, 5.74) is 0. The van der Waals surface area contributed by atoms with Crippen molar-refractivity contribution in [3.05, 3.63) is 30.3 Å². The van der Waals surface area contributed by atoms with Crippen molar-refractivity contribution in [3.63, 3.8) is 0 Å². The first-order valence-electron chi connectivity index (χ1n) is 7.28. The molecule has 0 atom stereocenters. The average molecular weight is 263 g/mol. The molecule has 1 aliphatic rings. The Labute approximate surface area is 116 Å². The first-order valence-corrected chi connectivity index (χ1v) is 7.28. The van der Waals surface area contributed by atoms with Crippen LogP contribution in [0, 0.1) is 5.92 Å². The molecule has 2 rings (SSSR count). The normalized spacial score (nSPS) is 23.5. The molecule has 0 spiro atoms. The minimum atomic E-state index is 0.355. The summed E-state index contributed by atoms with van der Waals surface area (Å²) in [5.74, 6) is 1.48. The highest BCUT2D eigenvalue weighted by atomic mass is 16.5. The molecule has 1 fully saturated rings. The Morgan fingerprint density at radius 2 is 1.84 bits per heavy atom. The molecular formula is C16H25NO2. The van der Waals surface area contributed by atoms with Crippen LogP contribution in [0.15, 0.2) is 30.3 Å². The van der Waals surface area contributed by atoms with Gasteiger partial charge in [-0.2, -0.15) is 0 Å². The largest absolute Gasteiger partial charge is 0.492 e. The van der Waals surface area contributed by atoms with Crippen molar-refractivity contribution in [1.29, 1.82) is 0 Å². The van der Waals surface area contributed by atoms with Crippen LogP contribution in [0.25, 0.3) is 0 Å². The molecule has 1 saturated carbocycles. The predicted octanol–water partition coefficient (Wildman–Crippen LogP) is 2.55. The molecule has 0 heterocycles. The minimum absolute atomic E-state index is 0.355. The molecule has 3 nitrogen and oxygen atoms in total. The highest BCUT2D eigenvalue weighted by molar-refractivity contribution is 5.20. The molecule has 1 aromatic carbocycles. The minimum Gasteiger partial charge on any atom is -0.492 e. The van der Waals surface area contributed by atoms with E-state index < -0.39 is 0 Å². The lowest BCUT2D eigenvalue weighted by atomic mass is 9.86. The van der Waals surface area contributed by atoms with Gasteiger partial charge >= 0.3 is 0 Å². The third-order valence-corrected chi connectivity index (χ3v) is 4.15. The molecule has 0 unspecified atom stereocenters. The van der Waals surface area contributed by atoms with Gasteiger partial charge in [-0.25, -0.2) is 0 Å². The van der Waals surface area contributed by atoms with Crippen molar-refractivity contribution in [2.45, 2.75) is 31.7 Å². The number of likely N-dealkylation sites (N-methyl/N-ethyl adjacent to an activating group) is 1. The summed E-state index contributed by atoms with van der Waals surface area (Å²) >= 11 is 0. The SMILES string of the molecule is CN(CCOc1ccccc1)C1CCC(CO)CC1. The number of rotatable bonds is 6. The van der Waals surface area contributed by atoms with Crippen LogP contribution in [0.1, 0.15) is 25.7 Å². The van der Waals surface area contributed by atoms with Gasteiger partial charge in [-0.15, -0.1) is 0 Å². The van der Waals surface area contributed by atoms with E-state index in [-0.39, 0.29) is 0 Å². The standard InChI is InChI=1S/C16H25NO2/c1-17(15-9-7-14(13-18)8-10-15)11-12-19-16-5-3-2-4-6-16/h2-6,14-15,18H,7-13H2,1H3. The fraction of sp³-hybridized carbons (Fsp3) is 0.625. The third kappa shape index (κ3) is 4.51. The molecule has 0 amide bonds. The summed E-state index contributed by atoms with van der Waals surface area (Å²) < 4.78 is 5.73. The highest BCUT2D eigenvalue weighted by Crippen LogP contribution is 2.26. The fourth-order valence-corrected chi connectivity index (χ4v) is 2.77. The van der Waals surface area contributed by atoms with Crippen LogP contribution in [-0.4, -0.2) is 42.9 Å². The van der Waals surface area contributed by atoms with E-state index in [9.17, 15) is 0 Å². The van der Waals surface area contributed by atoms with Crippen molar-refractivity contribution in [1.82, 2.24) is 4.90 Å². The predicted molar refractivity (Wildman–Crippen MR) is 77.4 cm³/mol. The Kier molecular flexibility index (Phi) is 5.67. The number of ether oxygens (including phenoxy) is 1. The van der Waals surface area contributed by atoms with Crippen LogP contribution in [0.5, 0.6) is 5.75 Å². The number of nitrogens with zero attached hydrogens (tertiary/aromatic N) is 1. The maximum Gasteiger partial charge on any atom is 0.119 e. The summed E-state index contributed by atoms with van der Waals surface area (Å²) in [6, 6.07) is 10.6. The molecule has 1 aliphatic carbocycles. The molecule has 3 heteroatoms. The van der Waals surface area contributed by atoms with Crippen LogP contribution in [-0.2, 0) is 0 Å². The second kappa shape index (κ2) is 7.51. The van der Waals surface area contributed by atoms with Gasteiger partial charge in [-0.1, -0.05) is 18.2 Å². The zero-order valence-electron chi connectivity index (χ0n) is 11.8. The zero-order chi connectivity index (χ0) is 13.5. The van der Waals surface area contributed by atoms with E-state index in [1.165, 1.54) is 12.8 Å². The second-order valence-electron chi connectivity index (χ2n) is 5.50. The molecular weight excluding hydrogens is 238 g/mol. The van der Waals surface area contributed by atoms with Crippen molar-refractivity contribution < 1.29 is 9.84 Å². The maximum absolute atomic E-state index is 9.15. The summed E-state index contributed by atoms with van der Waals surface area (Å²) in [4.78, 5) is 2.40. The van der Waals surface area contributed by atoms with E-state index in [0.717, 1.165) is 31.7 Å². The summed E-state index contributed by atoms with van der Waals surface area (Å²) in [5, 5.41) is 9.15. The Morgan fingerprint density at radius 1 is 1.16 bits per heavy atom. The van der Waals surface area contributed by atoms with E-state index in [1.807, 2.05) is 30.3 Å². The monoisotopic (exact) mass is 263 g/mol. The van der Waals surface area contributed by atoms with E-state index in [4.69, 9.17) is 9.84 Å². The molecule has 1 aromatic rings. The van der Waals surface area contributed by atoms with Gasteiger partial charge in [0.1, 0.15) is 12.4 Å². The number of para-hydroxylation sites is 1. The lowest BCUT2D eigenvalue weighted by Crippen LogP contribution is -2.38. The van der Waals surface area contributed by atoms with Crippen LogP contribution in [0.4, 0.5) is 0 Å². The van der Waals surface area contributed by atoms with Crippen molar-refractivity contribution in [3.8, 4) is 5.75 Å². The van der Waals surface area contributed by atoms with Crippen LogP contribution in [0.2, 0.25) is 0 Å². The number of hydrogen-bond donors (Lipinski definition) is 1. The number of hydrogen-bond acceptors (Lipinski definition) is 3. The van der Waals surface area contributed by atoms with Crippen LogP contribution >= 0.6 is 0 Å². The van der Waals surface area contributed by atoms with Gasteiger partial charge in [0.15, 0.2) is 0 Å². The van der Waals surface area contributed by atoms with Gasteiger partial charge in [0, 0.05) is 19.2 Å². The lowest BCUT2D eigenvalue weighted by Gasteiger charge is -2.34. The molecule has 1 N–H and O–H groups in total. The van der Waals surface area contributed by atoms with Gasteiger partial charge in [0.05, 0.1) is 0 Å². The first-order chi connectivity index (χ1) is 9.29. The van der Waals surface area contributed by atoms with Gasteiger partial charge < -0.3 is 14.7 Å². The number of aliphatic hydroxyl groups excluding tert-OH is 1. The molecule has 0 radical (unpaired) electrons. The van der Waals surface area contributed by atoms with Crippen molar-refractivity contribution in [2.24, 2.45) is 5.92 Å². The maximum atomic E-state index is 9.15. The summed E-state index contributed by atoms with van der Waals surface area (Å²) in [6.07, 6.45) is 4.72. The van der Waals surface area contributed by atoms with E-state index >= 15 is 0 Å². The third-order valence-electron chi connectivity index (χ3n) is 4.15. The van der Waals surface area contributed by atoms with Crippen molar-refractivity contribution >= 4 is 0 Å². The Balaban J connectivity index is 1.66. The number of benzene rings is 1. The van der Waals surface area contributed by atoms with Gasteiger partial charge in [0.25, 0.3) is 0 Å². The smallest absolute Gasteiger partial charge is 0.119 e. The van der Waals surface area contributed by atoms with E-state index in [1.54, 1.807) is 0 Å². The highest BCUT2D eigenvalue weighted by Gasteiger charge is 2.23. The fourth-order valence-electron chi connectivity index (χ4n) is 2.77. The van der Waals surface area contributed by atoms with Crippen LogP contribution in [0.3, 0.4) is 0 Å². The van der Waals surface area contributed by atoms with Gasteiger partial charge in [-0.05, 0) is 50.8 Å². The molecule has 106 valence electrons. The first kappa shape index (κ1) is 14.4. The summed E-state index contributed by atoms with van der Waals surface area (Å²) in [6.45, 7) is 2.05. The molecule has 0 aliphatic heterocycles. The number of aliphatic hydroxyl groups is 1. The molecule has 0 aromatic heterocycles. The quantitative estimate of drug-likeness (QED) is 0.856. The second-order valence-corrected chi connectivity index (χ2v) is 5.50. The summed E-state index contributed by atoms with van der Waals surface area (Å²) in [7, 11) is 2.18. The molecule has 19 heavy (non-hydrogen) atoms. The zero-order valence-corrected chi connectivity index (χ0v) is 11.8. The topological polar surface area (TPSA) is 32.7 Å². The Bertz CT molecular complexity index is 347. The average Bonchev–Trinajstić information content (AvgIpc) is 2.48. The Morgan fingerprint density at radius 3 is 2.47 bits per heavy atom. The van der Waals surface area contributed by atoms with Crippen molar-refractivity contribution in [2.75, 3.05) is 26.8 Å². The Hall–Kier alpha value is -1.06.